The van der Waals surface area contributed by atoms with Gasteiger partial charge in [-0.15, -0.1) is 0 Å². The van der Waals surface area contributed by atoms with Gasteiger partial charge in [-0.25, -0.2) is 4.98 Å². The lowest BCUT2D eigenvalue weighted by molar-refractivity contribution is 0.102. The number of hydrogen-bond donors (Lipinski definition) is 1. The number of carbonyl (C=O) groups is 1. The fraction of sp³-hybridized carbons (Fsp3) is 0.143. The van der Waals surface area contributed by atoms with Gasteiger partial charge in [0.2, 0.25) is 0 Å². The second kappa shape index (κ2) is 5.59. The van der Waals surface area contributed by atoms with Crippen molar-refractivity contribution >= 4 is 34.8 Å². The molecule has 0 aliphatic heterocycles. The minimum absolute atomic E-state index is 0.270. The Morgan fingerprint density at radius 3 is 2.58 bits per heavy atom. The number of amides is 1. The number of nitrogens with zero attached hydrogens (tertiary/aromatic N) is 1. The predicted molar refractivity (Wildman–Crippen MR) is 78.1 cm³/mol. The molecular weight excluding hydrogens is 283 g/mol. The molecule has 0 fully saturated rings. The van der Waals surface area contributed by atoms with Gasteiger partial charge in [-0.05, 0) is 43.2 Å². The maximum atomic E-state index is 12.1. The summed E-state index contributed by atoms with van der Waals surface area (Å²) in [6.45, 7) is 3.74. The van der Waals surface area contributed by atoms with Crippen molar-refractivity contribution in [3.63, 3.8) is 0 Å². The zero-order valence-electron chi connectivity index (χ0n) is 10.5. The lowest BCUT2D eigenvalue weighted by Gasteiger charge is -2.08. The topological polar surface area (TPSA) is 42.0 Å². The largest absolute Gasteiger partial charge is 0.321 e. The summed E-state index contributed by atoms with van der Waals surface area (Å²) in [5, 5.41) is 3.59. The Morgan fingerprint density at radius 1 is 1.21 bits per heavy atom. The van der Waals surface area contributed by atoms with Crippen molar-refractivity contribution in [1.82, 2.24) is 4.98 Å². The maximum Gasteiger partial charge on any atom is 0.257 e. The van der Waals surface area contributed by atoms with E-state index in [4.69, 9.17) is 23.2 Å². The Kier molecular flexibility index (Phi) is 4.08. The van der Waals surface area contributed by atoms with Crippen molar-refractivity contribution in [1.29, 1.82) is 0 Å². The number of aromatic nitrogens is 1. The molecule has 1 amide bonds. The molecule has 3 nitrogen and oxygen atoms in total. The van der Waals surface area contributed by atoms with Crippen LogP contribution in [0.4, 0.5) is 5.69 Å². The number of aryl methyl sites for hydroxylation is 2. The van der Waals surface area contributed by atoms with Crippen LogP contribution in [0.25, 0.3) is 0 Å². The lowest BCUT2D eigenvalue weighted by atomic mass is 10.1. The van der Waals surface area contributed by atoms with Crippen molar-refractivity contribution in [2.45, 2.75) is 13.8 Å². The summed E-state index contributed by atoms with van der Waals surface area (Å²) >= 11 is 11.9. The van der Waals surface area contributed by atoms with Crippen LogP contribution in [-0.4, -0.2) is 10.9 Å². The average Bonchev–Trinajstić information content (AvgIpc) is 2.33. The molecule has 0 saturated carbocycles. The zero-order valence-corrected chi connectivity index (χ0v) is 12.0. The van der Waals surface area contributed by atoms with Crippen LogP contribution in [0.5, 0.6) is 0 Å². The molecule has 1 aromatic carbocycles. The smallest absolute Gasteiger partial charge is 0.257 e. The summed E-state index contributed by atoms with van der Waals surface area (Å²) in [6, 6.07) is 7.05. The average molecular weight is 295 g/mol. The van der Waals surface area contributed by atoms with Gasteiger partial charge >= 0.3 is 0 Å². The van der Waals surface area contributed by atoms with Crippen molar-refractivity contribution in [2.75, 3.05) is 5.32 Å². The Hall–Kier alpha value is -1.58. The Morgan fingerprint density at radius 2 is 1.95 bits per heavy atom. The highest BCUT2D eigenvalue weighted by atomic mass is 35.5. The van der Waals surface area contributed by atoms with Gasteiger partial charge in [0.05, 0.1) is 22.5 Å². The third-order valence-corrected chi connectivity index (χ3v) is 3.35. The molecule has 19 heavy (non-hydrogen) atoms. The van der Waals surface area contributed by atoms with Gasteiger partial charge in [0.25, 0.3) is 5.91 Å². The number of pyridine rings is 1. The molecule has 5 heteroatoms. The van der Waals surface area contributed by atoms with Crippen molar-refractivity contribution in [3.8, 4) is 0 Å². The minimum Gasteiger partial charge on any atom is -0.321 e. The van der Waals surface area contributed by atoms with Crippen LogP contribution >= 0.6 is 23.2 Å². The van der Waals surface area contributed by atoms with Gasteiger partial charge in [0.15, 0.2) is 0 Å². The number of anilines is 1. The summed E-state index contributed by atoms with van der Waals surface area (Å²) in [6.07, 6.45) is 1.51. The van der Waals surface area contributed by atoms with E-state index >= 15 is 0 Å². The van der Waals surface area contributed by atoms with E-state index in [2.05, 4.69) is 10.3 Å². The summed E-state index contributed by atoms with van der Waals surface area (Å²) < 4.78 is 0. The van der Waals surface area contributed by atoms with Crippen molar-refractivity contribution < 1.29 is 4.79 Å². The molecule has 1 N–H and O–H groups in total. The predicted octanol–water partition coefficient (Wildman–Crippen LogP) is 4.26. The Bertz CT molecular complexity index is 641. The van der Waals surface area contributed by atoms with E-state index in [0.717, 1.165) is 11.1 Å². The summed E-state index contributed by atoms with van der Waals surface area (Å²) in [7, 11) is 0. The monoisotopic (exact) mass is 294 g/mol. The molecule has 0 aliphatic rings. The van der Waals surface area contributed by atoms with E-state index in [1.54, 1.807) is 18.2 Å². The van der Waals surface area contributed by atoms with Crippen LogP contribution in [0, 0.1) is 13.8 Å². The molecule has 0 aliphatic carbocycles. The lowest BCUT2D eigenvalue weighted by Crippen LogP contribution is -2.12. The quantitative estimate of drug-likeness (QED) is 0.841. The van der Waals surface area contributed by atoms with Crippen LogP contribution in [0.2, 0.25) is 10.2 Å². The first kappa shape index (κ1) is 13.8. The minimum atomic E-state index is -0.270. The second-order valence-electron chi connectivity index (χ2n) is 4.27. The van der Waals surface area contributed by atoms with Crippen LogP contribution in [0.15, 0.2) is 30.5 Å². The summed E-state index contributed by atoms with van der Waals surface area (Å²) in [5.74, 6) is -0.270. The van der Waals surface area contributed by atoms with Crippen LogP contribution < -0.4 is 5.32 Å². The number of nitrogens with one attached hydrogen (secondary N) is 1. The number of halogens is 2. The van der Waals surface area contributed by atoms with Crippen LogP contribution in [0.1, 0.15) is 21.5 Å². The summed E-state index contributed by atoms with van der Waals surface area (Å²) in [4.78, 5) is 16.1. The molecule has 2 aromatic rings. The van der Waals surface area contributed by atoms with E-state index in [0.29, 0.717) is 21.4 Å². The molecule has 2 rings (SSSR count). The third-order valence-electron chi connectivity index (χ3n) is 2.64. The standard InChI is InChI=1S/C14H12Cl2N2O/c1-8-3-4-11(12(15)5-8)14(19)18-10-6-9(2)13(16)17-7-10/h3-7H,1-2H3,(H,18,19). The highest BCUT2D eigenvalue weighted by molar-refractivity contribution is 6.34. The van der Waals surface area contributed by atoms with Crippen LogP contribution in [0.3, 0.4) is 0 Å². The van der Waals surface area contributed by atoms with Crippen molar-refractivity contribution in [3.05, 3.63) is 57.3 Å². The van der Waals surface area contributed by atoms with Gasteiger partial charge in [0.1, 0.15) is 5.15 Å². The van der Waals surface area contributed by atoms with Gasteiger partial charge in [-0.1, -0.05) is 29.3 Å². The number of hydrogen-bond acceptors (Lipinski definition) is 2. The molecule has 1 aromatic heterocycles. The van der Waals surface area contributed by atoms with E-state index in [-0.39, 0.29) is 5.91 Å². The normalized spacial score (nSPS) is 10.3. The zero-order chi connectivity index (χ0) is 14.0. The molecule has 0 atom stereocenters. The van der Waals surface area contributed by atoms with Gasteiger partial charge < -0.3 is 5.32 Å². The number of carbonyl (C=O) groups excluding carboxylic acids is 1. The van der Waals surface area contributed by atoms with E-state index in [1.807, 2.05) is 19.9 Å². The highest BCUT2D eigenvalue weighted by Gasteiger charge is 2.11. The Balaban J connectivity index is 2.23. The van der Waals surface area contributed by atoms with E-state index < -0.39 is 0 Å². The molecule has 1 heterocycles. The second-order valence-corrected chi connectivity index (χ2v) is 5.03. The first-order chi connectivity index (χ1) is 8.97. The fourth-order valence-corrected chi connectivity index (χ4v) is 2.05. The molecule has 0 bridgehead atoms. The van der Waals surface area contributed by atoms with Gasteiger partial charge in [-0.2, -0.15) is 0 Å². The van der Waals surface area contributed by atoms with Crippen molar-refractivity contribution in [2.24, 2.45) is 0 Å². The number of benzene rings is 1. The van der Waals surface area contributed by atoms with Gasteiger partial charge in [-0.3, -0.25) is 4.79 Å². The fourth-order valence-electron chi connectivity index (χ4n) is 1.63. The molecule has 0 spiro atoms. The maximum absolute atomic E-state index is 12.1. The van der Waals surface area contributed by atoms with E-state index in [9.17, 15) is 4.79 Å². The van der Waals surface area contributed by atoms with E-state index in [1.165, 1.54) is 6.20 Å². The SMILES string of the molecule is Cc1ccc(C(=O)Nc2cnc(Cl)c(C)c2)c(Cl)c1. The highest BCUT2D eigenvalue weighted by Crippen LogP contribution is 2.20. The van der Waals surface area contributed by atoms with Crippen LogP contribution in [-0.2, 0) is 0 Å². The molecule has 98 valence electrons. The third kappa shape index (κ3) is 3.25. The molecular formula is C14H12Cl2N2O. The molecule has 0 radical (unpaired) electrons. The van der Waals surface area contributed by atoms with Gasteiger partial charge in [0, 0.05) is 0 Å². The summed E-state index contributed by atoms with van der Waals surface area (Å²) in [5.41, 5.74) is 2.82. The first-order valence-corrected chi connectivity index (χ1v) is 6.42. The first-order valence-electron chi connectivity index (χ1n) is 5.67. The number of rotatable bonds is 2. The Labute approximate surface area is 121 Å². The molecule has 0 saturated heterocycles. The molecule has 0 unspecified atom stereocenters.